The average molecular weight is 325 g/mol. The summed E-state index contributed by atoms with van der Waals surface area (Å²) >= 11 is 0. The van der Waals surface area contributed by atoms with Crippen molar-refractivity contribution in [3.8, 4) is 0 Å². The fourth-order valence-electron chi connectivity index (χ4n) is 3.18. The van der Waals surface area contributed by atoms with E-state index in [2.05, 4.69) is 20.8 Å². The molecule has 0 aromatic heterocycles. The van der Waals surface area contributed by atoms with Crippen molar-refractivity contribution in [1.82, 2.24) is 0 Å². The maximum atomic E-state index is 10.2. The molecule has 0 N–H and O–H groups in total. The van der Waals surface area contributed by atoms with E-state index in [1.807, 2.05) is 0 Å². The van der Waals surface area contributed by atoms with Gasteiger partial charge in [0.15, 0.2) is 0 Å². The van der Waals surface area contributed by atoms with Crippen LogP contribution in [0.5, 0.6) is 0 Å². The molecule has 0 unspecified atom stereocenters. The summed E-state index contributed by atoms with van der Waals surface area (Å²) in [4.78, 5) is 10.2. The molecule has 0 fully saturated rings. The summed E-state index contributed by atoms with van der Waals surface area (Å²) in [6.45, 7) is 7.04. The first-order valence-electron chi connectivity index (χ1n) is 10.5. The molecule has 0 spiro atoms. The lowest BCUT2D eigenvalue weighted by atomic mass is 9.89. The molecule has 138 valence electrons. The third kappa shape index (κ3) is 21.7. The minimum atomic E-state index is 0.523. The summed E-state index contributed by atoms with van der Waals surface area (Å²) in [7, 11) is 0. The maximum absolute atomic E-state index is 10.2. The Morgan fingerprint density at radius 3 is 1.13 bits per heavy atom. The van der Waals surface area contributed by atoms with Crippen molar-refractivity contribution in [2.24, 2.45) is 5.41 Å². The molecule has 23 heavy (non-hydrogen) atoms. The van der Waals surface area contributed by atoms with Crippen LogP contribution in [0.1, 0.15) is 130 Å². The lowest BCUT2D eigenvalue weighted by Crippen LogP contribution is -2.03. The Kier molecular flexibility index (Phi) is 16.3. The smallest absolute Gasteiger partial charge is 0.119 e. The fourth-order valence-corrected chi connectivity index (χ4v) is 3.18. The fraction of sp³-hybridized carbons (Fsp3) is 0.955. The standard InChI is InChI=1S/C22H44O/c1-22(2,3)20-18-16-14-12-10-8-6-4-5-7-9-11-13-15-17-19-21-23/h21H,4-20H2,1-3H3. The van der Waals surface area contributed by atoms with Gasteiger partial charge in [-0.2, -0.15) is 0 Å². The van der Waals surface area contributed by atoms with E-state index in [0.29, 0.717) is 5.41 Å². The van der Waals surface area contributed by atoms with Crippen LogP contribution < -0.4 is 0 Å². The summed E-state index contributed by atoms with van der Waals surface area (Å²) in [5, 5.41) is 0. The number of aldehydes is 1. The van der Waals surface area contributed by atoms with Gasteiger partial charge in [0.25, 0.3) is 0 Å². The second-order valence-corrected chi connectivity index (χ2v) is 8.57. The van der Waals surface area contributed by atoms with Crippen molar-refractivity contribution in [2.75, 3.05) is 0 Å². The van der Waals surface area contributed by atoms with Gasteiger partial charge in [-0.1, -0.05) is 111 Å². The van der Waals surface area contributed by atoms with Gasteiger partial charge in [-0.05, 0) is 18.3 Å². The minimum absolute atomic E-state index is 0.523. The van der Waals surface area contributed by atoms with Gasteiger partial charge in [0.2, 0.25) is 0 Å². The molecule has 0 aromatic carbocycles. The van der Waals surface area contributed by atoms with Gasteiger partial charge in [0.1, 0.15) is 6.29 Å². The minimum Gasteiger partial charge on any atom is -0.303 e. The summed E-state index contributed by atoms with van der Waals surface area (Å²) in [5.74, 6) is 0. The van der Waals surface area contributed by atoms with E-state index in [1.165, 1.54) is 96.3 Å². The third-order valence-corrected chi connectivity index (χ3v) is 4.75. The number of carbonyl (C=O) groups excluding carboxylic acids is 1. The molecular weight excluding hydrogens is 280 g/mol. The molecule has 0 aliphatic heterocycles. The molecular formula is C22H44O. The number of hydrogen-bond donors (Lipinski definition) is 0. The molecule has 0 saturated carbocycles. The molecule has 0 aliphatic carbocycles. The van der Waals surface area contributed by atoms with E-state index in [1.54, 1.807) is 0 Å². The Labute approximate surface area is 147 Å². The van der Waals surface area contributed by atoms with Crippen LogP contribution in [0.2, 0.25) is 0 Å². The highest BCUT2D eigenvalue weighted by Crippen LogP contribution is 2.22. The van der Waals surface area contributed by atoms with E-state index in [4.69, 9.17) is 0 Å². The van der Waals surface area contributed by atoms with Crippen LogP contribution in [-0.4, -0.2) is 6.29 Å². The zero-order valence-corrected chi connectivity index (χ0v) is 16.5. The summed E-state index contributed by atoms with van der Waals surface area (Å²) in [6.07, 6.45) is 24.0. The summed E-state index contributed by atoms with van der Waals surface area (Å²) < 4.78 is 0. The second kappa shape index (κ2) is 16.5. The van der Waals surface area contributed by atoms with Gasteiger partial charge in [0, 0.05) is 6.42 Å². The third-order valence-electron chi connectivity index (χ3n) is 4.75. The van der Waals surface area contributed by atoms with E-state index in [9.17, 15) is 4.79 Å². The predicted molar refractivity (Wildman–Crippen MR) is 104 cm³/mol. The molecule has 0 atom stereocenters. The van der Waals surface area contributed by atoms with E-state index >= 15 is 0 Å². The van der Waals surface area contributed by atoms with E-state index in [-0.39, 0.29) is 0 Å². The van der Waals surface area contributed by atoms with Crippen LogP contribution in [0.3, 0.4) is 0 Å². The Hall–Kier alpha value is -0.330. The highest BCUT2D eigenvalue weighted by atomic mass is 16.1. The Morgan fingerprint density at radius 1 is 0.522 bits per heavy atom. The first-order valence-corrected chi connectivity index (χ1v) is 10.5. The summed E-state index contributed by atoms with van der Waals surface area (Å²) in [5.41, 5.74) is 0.523. The zero-order chi connectivity index (χ0) is 17.2. The molecule has 0 rings (SSSR count). The van der Waals surface area contributed by atoms with Crippen LogP contribution in [0.4, 0.5) is 0 Å². The van der Waals surface area contributed by atoms with Crippen LogP contribution in [0.25, 0.3) is 0 Å². The van der Waals surface area contributed by atoms with Gasteiger partial charge in [0.05, 0.1) is 0 Å². The Balaban J connectivity index is 3.01. The number of carbonyl (C=O) groups is 1. The molecule has 1 heteroatoms. The maximum Gasteiger partial charge on any atom is 0.119 e. The normalized spacial score (nSPS) is 11.8. The highest BCUT2D eigenvalue weighted by Gasteiger charge is 2.08. The van der Waals surface area contributed by atoms with E-state index < -0.39 is 0 Å². The molecule has 0 saturated heterocycles. The largest absolute Gasteiger partial charge is 0.303 e. The molecule has 0 amide bonds. The first-order chi connectivity index (χ1) is 11.1. The van der Waals surface area contributed by atoms with Crippen molar-refractivity contribution in [3.05, 3.63) is 0 Å². The summed E-state index contributed by atoms with van der Waals surface area (Å²) in [6, 6.07) is 0. The average Bonchev–Trinajstić information content (AvgIpc) is 2.49. The first kappa shape index (κ1) is 22.7. The lowest BCUT2D eigenvalue weighted by Gasteiger charge is -2.17. The molecule has 0 aromatic rings. The molecule has 0 heterocycles. The highest BCUT2D eigenvalue weighted by molar-refractivity contribution is 5.48. The number of rotatable bonds is 17. The second-order valence-electron chi connectivity index (χ2n) is 8.57. The molecule has 1 nitrogen and oxygen atoms in total. The lowest BCUT2D eigenvalue weighted by molar-refractivity contribution is -0.107. The van der Waals surface area contributed by atoms with Crippen LogP contribution in [0.15, 0.2) is 0 Å². The predicted octanol–water partition coefficient (Wildman–Crippen LogP) is 7.86. The Morgan fingerprint density at radius 2 is 0.826 bits per heavy atom. The Bertz CT molecular complexity index is 239. The quantitative estimate of drug-likeness (QED) is 0.196. The van der Waals surface area contributed by atoms with Gasteiger partial charge < -0.3 is 4.79 Å². The van der Waals surface area contributed by atoms with Crippen molar-refractivity contribution < 1.29 is 4.79 Å². The number of unbranched alkanes of at least 4 members (excludes halogenated alkanes) is 15. The molecule has 0 bridgehead atoms. The molecule has 0 aliphatic rings. The van der Waals surface area contributed by atoms with Gasteiger partial charge >= 0.3 is 0 Å². The van der Waals surface area contributed by atoms with Gasteiger partial charge in [-0.3, -0.25) is 0 Å². The van der Waals surface area contributed by atoms with Crippen molar-refractivity contribution in [3.63, 3.8) is 0 Å². The topological polar surface area (TPSA) is 17.1 Å². The van der Waals surface area contributed by atoms with Crippen LogP contribution in [-0.2, 0) is 4.79 Å². The van der Waals surface area contributed by atoms with Crippen molar-refractivity contribution >= 4 is 6.29 Å². The van der Waals surface area contributed by atoms with Crippen LogP contribution >= 0.6 is 0 Å². The van der Waals surface area contributed by atoms with Crippen molar-refractivity contribution in [1.29, 1.82) is 0 Å². The van der Waals surface area contributed by atoms with Crippen LogP contribution in [0, 0.1) is 5.41 Å². The number of hydrogen-bond acceptors (Lipinski definition) is 1. The van der Waals surface area contributed by atoms with Gasteiger partial charge in [-0.25, -0.2) is 0 Å². The van der Waals surface area contributed by atoms with E-state index in [0.717, 1.165) is 19.1 Å². The SMILES string of the molecule is CC(C)(C)CCCCCCCCCCCCCCCCCC=O. The zero-order valence-electron chi connectivity index (χ0n) is 16.5. The monoisotopic (exact) mass is 324 g/mol. The van der Waals surface area contributed by atoms with Crippen molar-refractivity contribution in [2.45, 2.75) is 130 Å². The molecule has 0 radical (unpaired) electrons. The van der Waals surface area contributed by atoms with Gasteiger partial charge in [-0.15, -0.1) is 0 Å².